The van der Waals surface area contributed by atoms with Gasteiger partial charge in [-0.3, -0.25) is 9.10 Å². The summed E-state index contributed by atoms with van der Waals surface area (Å²) in [7, 11) is -0.434. The van der Waals surface area contributed by atoms with Crippen molar-refractivity contribution in [2.24, 2.45) is 0 Å². The van der Waals surface area contributed by atoms with Crippen molar-refractivity contribution in [1.82, 2.24) is 4.90 Å². The van der Waals surface area contributed by atoms with Crippen molar-refractivity contribution in [3.63, 3.8) is 0 Å². The number of methoxy groups -OCH3 is 1. The highest BCUT2D eigenvalue weighted by atomic mass is 35.5. The highest BCUT2D eigenvalue weighted by Gasteiger charge is 2.30. The highest BCUT2D eigenvalue weighted by Crippen LogP contribution is 2.24. The van der Waals surface area contributed by atoms with Crippen LogP contribution in [0.4, 0.5) is 5.69 Å². The van der Waals surface area contributed by atoms with Crippen molar-refractivity contribution in [2.75, 3.05) is 24.7 Å². The molecular formula is C19H23ClN2O4S. The quantitative estimate of drug-likeness (QED) is 0.703. The fraction of sp³-hybridized carbons (Fsp3) is 0.316. The molecular weight excluding hydrogens is 388 g/mol. The average Bonchev–Trinajstić information content (AvgIpc) is 2.62. The van der Waals surface area contributed by atoms with E-state index in [-0.39, 0.29) is 5.91 Å². The number of nitrogens with zero attached hydrogens (tertiary/aromatic N) is 2. The Morgan fingerprint density at radius 3 is 2.15 bits per heavy atom. The summed E-state index contributed by atoms with van der Waals surface area (Å²) < 4.78 is 30.9. The van der Waals surface area contributed by atoms with Crippen LogP contribution in [-0.4, -0.2) is 45.7 Å². The molecule has 1 amide bonds. The Bertz CT molecular complexity index is 883. The first-order valence-corrected chi connectivity index (χ1v) is 10.5. The van der Waals surface area contributed by atoms with Gasteiger partial charge in [0.1, 0.15) is 11.8 Å². The van der Waals surface area contributed by atoms with Gasteiger partial charge >= 0.3 is 0 Å². The number of rotatable bonds is 7. The summed E-state index contributed by atoms with van der Waals surface area (Å²) in [4.78, 5) is 14.4. The Kier molecular flexibility index (Phi) is 6.73. The van der Waals surface area contributed by atoms with Crippen molar-refractivity contribution in [1.29, 1.82) is 0 Å². The minimum Gasteiger partial charge on any atom is -0.497 e. The maximum absolute atomic E-state index is 12.9. The van der Waals surface area contributed by atoms with E-state index in [1.54, 1.807) is 45.3 Å². The maximum Gasteiger partial charge on any atom is 0.246 e. The third-order valence-corrected chi connectivity index (χ3v) is 5.60. The van der Waals surface area contributed by atoms with Gasteiger partial charge in [0.15, 0.2) is 0 Å². The van der Waals surface area contributed by atoms with Crippen LogP contribution in [0.3, 0.4) is 0 Å². The zero-order valence-corrected chi connectivity index (χ0v) is 17.3. The number of carbonyl (C=O) groups excluding carboxylic acids is 1. The van der Waals surface area contributed by atoms with Crippen LogP contribution >= 0.6 is 11.6 Å². The lowest BCUT2D eigenvalue weighted by Crippen LogP contribution is -2.48. The number of ether oxygens (including phenoxy) is 1. The van der Waals surface area contributed by atoms with E-state index in [0.717, 1.165) is 21.9 Å². The molecule has 1 atom stereocenters. The number of hydrogen-bond donors (Lipinski definition) is 0. The fourth-order valence-corrected chi connectivity index (χ4v) is 4.09. The first-order chi connectivity index (χ1) is 12.6. The number of anilines is 1. The number of halogens is 1. The molecule has 0 saturated heterocycles. The third-order valence-electron chi connectivity index (χ3n) is 4.10. The van der Waals surface area contributed by atoms with E-state index in [1.165, 1.54) is 4.90 Å². The zero-order chi connectivity index (χ0) is 20.2. The van der Waals surface area contributed by atoms with Crippen molar-refractivity contribution in [3.8, 4) is 5.75 Å². The van der Waals surface area contributed by atoms with Gasteiger partial charge in [0.25, 0.3) is 0 Å². The summed E-state index contributed by atoms with van der Waals surface area (Å²) in [5, 5.41) is 0.489. The van der Waals surface area contributed by atoms with Crippen molar-refractivity contribution >= 4 is 33.2 Å². The van der Waals surface area contributed by atoms with Gasteiger partial charge in [0.05, 0.1) is 19.1 Å². The van der Waals surface area contributed by atoms with Crippen LogP contribution in [0.15, 0.2) is 48.5 Å². The minimum atomic E-state index is -3.66. The van der Waals surface area contributed by atoms with E-state index >= 15 is 0 Å². The second-order valence-corrected chi connectivity index (χ2v) is 8.55. The van der Waals surface area contributed by atoms with Gasteiger partial charge in [-0.05, 0) is 48.9 Å². The van der Waals surface area contributed by atoms with Gasteiger partial charge in [-0.1, -0.05) is 23.7 Å². The van der Waals surface area contributed by atoms with E-state index in [2.05, 4.69) is 0 Å². The van der Waals surface area contributed by atoms with Gasteiger partial charge in [-0.25, -0.2) is 8.42 Å². The first kappa shape index (κ1) is 21.1. The Labute approximate surface area is 165 Å². The van der Waals surface area contributed by atoms with E-state index in [0.29, 0.717) is 17.3 Å². The molecule has 27 heavy (non-hydrogen) atoms. The van der Waals surface area contributed by atoms with Crippen molar-refractivity contribution in [2.45, 2.75) is 19.5 Å². The smallest absolute Gasteiger partial charge is 0.246 e. The summed E-state index contributed by atoms with van der Waals surface area (Å²) in [5.74, 6) is 0.415. The molecule has 8 heteroatoms. The molecule has 0 radical (unpaired) electrons. The fourth-order valence-electron chi connectivity index (χ4n) is 2.79. The molecule has 0 unspecified atom stereocenters. The van der Waals surface area contributed by atoms with E-state index in [4.69, 9.17) is 16.3 Å². The van der Waals surface area contributed by atoms with E-state index in [9.17, 15) is 13.2 Å². The molecule has 0 aromatic heterocycles. The molecule has 6 nitrogen and oxygen atoms in total. The van der Waals surface area contributed by atoms with Crippen LogP contribution in [0.5, 0.6) is 5.75 Å². The number of sulfonamides is 1. The molecule has 0 saturated carbocycles. The molecule has 0 aliphatic rings. The SMILES string of the molecule is COc1ccc(CN(C)C(=O)[C@H](C)N(c2ccc(Cl)cc2)S(C)(=O)=O)cc1. The normalized spacial score (nSPS) is 12.3. The van der Waals surface area contributed by atoms with Gasteiger partial charge < -0.3 is 9.64 Å². The lowest BCUT2D eigenvalue weighted by Gasteiger charge is -2.31. The van der Waals surface area contributed by atoms with E-state index in [1.807, 2.05) is 24.3 Å². The highest BCUT2D eigenvalue weighted by molar-refractivity contribution is 7.92. The molecule has 0 bridgehead atoms. The monoisotopic (exact) mass is 410 g/mol. The molecule has 0 aliphatic carbocycles. The van der Waals surface area contributed by atoms with E-state index < -0.39 is 16.1 Å². The third kappa shape index (κ3) is 5.37. The van der Waals surface area contributed by atoms with Crippen LogP contribution in [0.2, 0.25) is 5.02 Å². The number of benzene rings is 2. The summed E-state index contributed by atoms with van der Waals surface area (Å²) in [6.45, 7) is 1.92. The molecule has 0 fully saturated rings. The lowest BCUT2D eigenvalue weighted by atomic mass is 10.2. The molecule has 0 heterocycles. The van der Waals surface area contributed by atoms with Gasteiger partial charge in [0, 0.05) is 18.6 Å². The van der Waals surface area contributed by atoms with Crippen LogP contribution in [0, 0.1) is 0 Å². The molecule has 0 spiro atoms. The molecule has 2 rings (SSSR count). The van der Waals surface area contributed by atoms with Gasteiger partial charge in [-0.15, -0.1) is 0 Å². The summed E-state index contributed by atoms with van der Waals surface area (Å²) in [6, 6.07) is 12.8. The van der Waals surface area contributed by atoms with Gasteiger partial charge in [-0.2, -0.15) is 0 Å². The number of hydrogen-bond acceptors (Lipinski definition) is 4. The second-order valence-electron chi connectivity index (χ2n) is 6.25. The molecule has 0 N–H and O–H groups in total. The van der Waals surface area contributed by atoms with Crippen molar-refractivity contribution in [3.05, 3.63) is 59.1 Å². The number of carbonyl (C=O) groups is 1. The number of likely N-dealkylation sites (N-methyl/N-ethyl adjacent to an activating group) is 1. The topological polar surface area (TPSA) is 66.9 Å². The predicted molar refractivity (Wildman–Crippen MR) is 108 cm³/mol. The Morgan fingerprint density at radius 1 is 1.11 bits per heavy atom. The Morgan fingerprint density at radius 2 is 1.67 bits per heavy atom. The Hall–Kier alpha value is -2.25. The minimum absolute atomic E-state index is 0.314. The lowest BCUT2D eigenvalue weighted by molar-refractivity contribution is -0.131. The Balaban J connectivity index is 2.21. The summed E-state index contributed by atoms with van der Waals surface area (Å²) >= 11 is 5.88. The van der Waals surface area contributed by atoms with Crippen LogP contribution in [0.1, 0.15) is 12.5 Å². The van der Waals surface area contributed by atoms with Gasteiger partial charge in [0.2, 0.25) is 15.9 Å². The summed E-state index contributed by atoms with van der Waals surface area (Å²) in [5.41, 5.74) is 1.30. The average molecular weight is 411 g/mol. The molecule has 2 aromatic carbocycles. The summed E-state index contributed by atoms with van der Waals surface area (Å²) in [6.07, 6.45) is 1.08. The molecule has 146 valence electrons. The number of amides is 1. The largest absolute Gasteiger partial charge is 0.497 e. The maximum atomic E-state index is 12.9. The molecule has 2 aromatic rings. The van der Waals surface area contributed by atoms with Crippen molar-refractivity contribution < 1.29 is 17.9 Å². The van der Waals surface area contributed by atoms with Crippen LogP contribution in [-0.2, 0) is 21.4 Å². The first-order valence-electron chi connectivity index (χ1n) is 8.26. The zero-order valence-electron chi connectivity index (χ0n) is 15.7. The standard InChI is InChI=1S/C19H23ClN2O4S/c1-14(22(27(4,24)25)17-9-7-16(20)8-10-17)19(23)21(2)13-15-5-11-18(26-3)12-6-15/h5-12,14H,13H2,1-4H3/t14-/m0/s1. The molecule has 0 aliphatic heterocycles. The van der Waals surface area contributed by atoms with Crippen LogP contribution < -0.4 is 9.04 Å². The predicted octanol–water partition coefficient (Wildman–Crippen LogP) is 3.16. The second kappa shape index (κ2) is 8.63. The van der Waals surface area contributed by atoms with Crippen LogP contribution in [0.25, 0.3) is 0 Å².